The van der Waals surface area contributed by atoms with E-state index in [0.717, 1.165) is 62.6 Å². The third-order valence-corrected chi connectivity index (χ3v) is 5.28. The first-order valence-electron chi connectivity index (χ1n) is 9.01. The second-order valence-corrected chi connectivity index (χ2v) is 7.57. The predicted octanol–water partition coefficient (Wildman–Crippen LogP) is 2.22. The van der Waals surface area contributed by atoms with Crippen molar-refractivity contribution in [2.24, 2.45) is 4.99 Å². The number of para-hydroxylation sites is 1. The minimum Gasteiger partial charge on any atom is -0.492 e. The summed E-state index contributed by atoms with van der Waals surface area (Å²) in [5.41, 5.74) is 0. The van der Waals surface area contributed by atoms with Gasteiger partial charge in [0.05, 0.1) is 6.54 Å². The predicted molar refractivity (Wildman–Crippen MR) is 107 cm³/mol. The third-order valence-electron chi connectivity index (χ3n) is 4.37. The van der Waals surface area contributed by atoms with E-state index in [2.05, 4.69) is 32.0 Å². The number of aromatic nitrogens is 1. The summed E-state index contributed by atoms with van der Waals surface area (Å²) in [5.74, 6) is 1.89. The van der Waals surface area contributed by atoms with Crippen molar-refractivity contribution in [2.45, 2.75) is 13.5 Å². The summed E-state index contributed by atoms with van der Waals surface area (Å²) in [6.45, 7) is 8.48. The molecule has 26 heavy (non-hydrogen) atoms. The van der Waals surface area contributed by atoms with E-state index in [9.17, 15) is 0 Å². The molecule has 2 aromatic rings. The molecule has 0 unspecified atom stereocenters. The fraction of sp³-hybridized carbons (Fsp3) is 0.474. The molecule has 1 saturated heterocycles. The number of piperazine rings is 1. The van der Waals surface area contributed by atoms with Crippen LogP contribution < -0.4 is 10.1 Å². The molecular formula is C19H27N5OS. The molecular weight excluding hydrogens is 346 g/mol. The summed E-state index contributed by atoms with van der Waals surface area (Å²) in [6.07, 6.45) is 1.92. The van der Waals surface area contributed by atoms with Gasteiger partial charge in [-0.05, 0) is 19.1 Å². The highest BCUT2D eigenvalue weighted by Gasteiger charge is 2.19. The van der Waals surface area contributed by atoms with E-state index in [0.29, 0.717) is 0 Å². The van der Waals surface area contributed by atoms with E-state index in [1.165, 1.54) is 4.88 Å². The minimum absolute atomic E-state index is 0.723. The zero-order chi connectivity index (χ0) is 18.2. The van der Waals surface area contributed by atoms with Gasteiger partial charge in [-0.2, -0.15) is 0 Å². The lowest BCUT2D eigenvalue weighted by molar-refractivity contribution is 0.152. The monoisotopic (exact) mass is 373 g/mol. The van der Waals surface area contributed by atoms with Gasteiger partial charge in [0, 0.05) is 50.8 Å². The van der Waals surface area contributed by atoms with E-state index < -0.39 is 0 Å². The number of hydrogen-bond acceptors (Lipinski definition) is 5. The van der Waals surface area contributed by atoms with Crippen molar-refractivity contribution < 1.29 is 4.74 Å². The van der Waals surface area contributed by atoms with E-state index in [1.54, 1.807) is 11.3 Å². The van der Waals surface area contributed by atoms with E-state index in [1.807, 2.05) is 43.6 Å². The number of nitrogens with zero attached hydrogens (tertiary/aromatic N) is 4. The van der Waals surface area contributed by atoms with Crippen LogP contribution in [0.5, 0.6) is 5.75 Å². The summed E-state index contributed by atoms with van der Waals surface area (Å²) in [5, 5.41) is 4.53. The van der Waals surface area contributed by atoms with Crippen molar-refractivity contribution in [3.63, 3.8) is 0 Å². The molecule has 1 aliphatic rings. The van der Waals surface area contributed by atoms with E-state index in [4.69, 9.17) is 4.74 Å². The first kappa shape index (κ1) is 18.7. The molecule has 0 amide bonds. The number of benzene rings is 1. The molecule has 1 N–H and O–H groups in total. The number of guanidine groups is 1. The van der Waals surface area contributed by atoms with Crippen molar-refractivity contribution in [3.8, 4) is 5.75 Å². The summed E-state index contributed by atoms with van der Waals surface area (Å²) < 4.78 is 5.80. The molecule has 0 saturated carbocycles. The van der Waals surface area contributed by atoms with Crippen LogP contribution in [0, 0.1) is 6.92 Å². The maximum absolute atomic E-state index is 5.80. The zero-order valence-electron chi connectivity index (χ0n) is 15.5. The summed E-state index contributed by atoms with van der Waals surface area (Å²) in [7, 11) is 1.84. The van der Waals surface area contributed by atoms with Crippen molar-refractivity contribution in [3.05, 3.63) is 46.4 Å². The molecule has 3 rings (SSSR count). The van der Waals surface area contributed by atoms with Crippen LogP contribution in [-0.2, 0) is 6.54 Å². The van der Waals surface area contributed by atoms with Crippen LogP contribution in [0.2, 0.25) is 0 Å². The first-order chi connectivity index (χ1) is 12.7. The van der Waals surface area contributed by atoms with Gasteiger partial charge in [-0.1, -0.05) is 18.2 Å². The molecule has 140 valence electrons. The normalized spacial score (nSPS) is 15.9. The Labute approximate surface area is 159 Å². The fourth-order valence-electron chi connectivity index (χ4n) is 2.96. The smallest absolute Gasteiger partial charge is 0.194 e. The molecule has 0 radical (unpaired) electrons. The number of aryl methyl sites for hydroxylation is 1. The van der Waals surface area contributed by atoms with Crippen molar-refractivity contribution in [1.82, 2.24) is 20.1 Å². The second-order valence-electron chi connectivity index (χ2n) is 6.26. The highest BCUT2D eigenvalue weighted by molar-refractivity contribution is 7.11. The van der Waals surface area contributed by atoms with Crippen LogP contribution in [0.15, 0.2) is 41.5 Å². The van der Waals surface area contributed by atoms with Gasteiger partial charge in [0.15, 0.2) is 5.96 Å². The maximum Gasteiger partial charge on any atom is 0.194 e. The van der Waals surface area contributed by atoms with Crippen LogP contribution in [-0.4, -0.2) is 67.1 Å². The second kappa shape index (κ2) is 9.54. The lowest BCUT2D eigenvalue weighted by atomic mass is 10.3. The molecule has 1 aliphatic heterocycles. The molecule has 6 nitrogen and oxygen atoms in total. The van der Waals surface area contributed by atoms with Gasteiger partial charge in [0.2, 0.25) is 0 Å². The lowest BCUT2D eigenvalue weighted by Crippen LogP contribution is -2.52. The topological polar surface area (TPSA) is 53.0 Å². The molecule has 0 spiro atoms. The quantitative estimate of drug-likeness (QED) is 0.622. The number of aliphatic imine (C=N–C) groups is 1. The Morgan fingerprint density at radius 1 is 1.23 bits per heavy atom. The van der Waals surface area contributed by atoms with Crippen molar-refractivity contribution in [1.29, 1.82) is 0 Å². The number of thiazole rings is 1. The highest BCUT2D eigenvalue weighted by Crippen LogP contribution is 2.11. The van der Waals surface area contributed by atoms with Crippen LogP contribution >= 0.6 is 11.3 Å². The van der Waals surface area contributed by atoms with Gasteiger partial charge in [-0.25, -0.2) is 4.98 Å². The average molecular weight is 374 g/mol. The van der Waals surface area contributed by atoms with Crippen LogP contribution in [0.4, 0.5) is 0 Å². The first-order valence-corrected chi connectivity index (χ1v) is 9.83. The Bertz CT molecular complexity index is 695. The molecule has 0 aliphatic carbocycles. The number of rotatable bonds is 6. The van der Waals surface area contributed by atoms with Gasteiger partial charge in [0.25, 0.3) is 0 Å². The van der Waals surface area contributed by atoms with Gasteiger partial charge >= 0.3 is 0 Å². The standard InChI is InChI=1S/C19H27N5OS/c1-16-14-21-18(26-16)15-22-19(20-2)24-10-8-23(9-11-24)12-13-25-17-6-4-3-5-7-17/h3-7,14H,8-13,15H2,1-2H3,(H,20,22). The fourth-order valence-corrected chi connectivity index (χ4v) is 3.69. The molecule has 1 fully saturated rings. The number of ether oxygens (including phenoxy) is 1. The Hall–Kier alpha value is -2.12. The number of nitrogens with one attached hydrogen (secondary N) is 1. The Kier molecular flexibility index (Phi) is 6.85. The highest BCUT2D eigenvalue weighted by atomic mass is 32.1. The van der Waals surface area contributed by atoms with Crippen LogP contribution in [0.3, 0.4) is 0 Å². The van der Waals surface area contributed by atoms with Crippen molar-refractivity contribution >= 4 is 17.3 Å². The Morgan fingerprint density at radius 2 is 2.00 bits per heavy atom. The maximum atomic E-state index is 5.80. The van der Waals surface area contributed by atoms with E-state index >= 15 is 0 Å². The molecule has 2 heterocycles. The van der Waals surface area contributed by atoms with Gasteiger partial charge in [-0.15, -0.1) is 11.3 Å². The summed E-state index contributed by atoms with van der Waals surface area (Å²) >= 11 is 1.73. The van der Waals surface area contributed by atoms with Gasteiger partial charge in [-0.3, -0.25) is 9.89 Å². The SMILES string of the molecule is CN=C(NCc1ncc(C)s1)N1CCN(CCOc2ccccc2)CC1. The molecule has 0 atom stereocenters. The number of hydrogen-bond donors (Lipinski definition) is 1. The van der Waals surface area contributed by atoms with Crippen molar-refractivity contribution in [2.75, 3.05) is 46.4 Å². The van der Waals surface area contributed by atoms with Gasteiger partial charge in [0.1, 0.15) is 17.4 Å². The molecule has 7 heteroatoms. The average Bonchev–Trinajstić information content (AvgIpc) is 3.09. The minimum atomic E-state index is 0.723. The van der Waals surface area contributed by atoms with E-state index in [-0.39, 0.29) is 0 Å². The van der Waals surface area contributed by atoms with Crippen LogP contribution in [0.1, 0.15) is 9.88 Å². The summed E-state index contributed by atoms with van der Waals surface area (Å²) in [6, 6.07) is 10.00. The molecule has 1 aromatic heterocycles. The third kappa shape index (κ3) is 5.44. The summed E-state index contributed by atoms with van der Waals surface area (Å²) in [4.78, 5) is 14.8. The van der Waals surface area contributed by atoms with Crippen LogP contribution in [0.25, 0.3) is 0 Å². The largest absolute Gasteiger partial charge is 0.492 e. The Morgan fingerprint density at radius 3 is 2.65 bits per heavy atom. The molecule has 1 aromatic carbocycles. The Balaban J connectivity index is 1.37. The zero-order valence-corrected chi connectivity index (χ0v) is 16.3. The lowest BCUT2D eigenvalue weighted by Gasteiger charge is -2.36. The van der Waals surface area contributed by atoms with Gasteiger partial charge < -0.3 is 15.0 Å². The molecule has 0 bridgehead atoms.